The van der Waals surface area contributed by atoms with Gasteiger partial charge in [0, 0.05) is 28.6 Å². The van der Waals surface area contributed by atoms with E-state index in [-0.39, 0.29) is 0 Å². The molecule has 1 aliphatic carbocycles. The van der Waals surface area contributed by atoms with Gasteiger partial charge in [0.15, 0.2) is 0 Å². The summed E-state index contributed by atoms with van der Waals surface area (Å²) < 4.78 is 23.9. The van der Waals surface area contributed by atoms with Crippen molar-refractivity contribution in [2.75, 3.05) is 6.54 Å². The second kappa shape index (κ2) is 4.37. The van der Waals surface area contributed by atoms with E-state index in [2.05, 4.69) is 5.32 Å². The average Bonchev–Trinajstić information content (AvgIpc) is 2.48. The van der Waals surface area contributed by atoms with E-state index in [0.717, 1.165) is 11.1 Å². The molecule has 3 nitrogen and oxygen atoms in total. The van der Waals surface area contributed by atoms with Crippen LogP contribution in [0.3, 0.4) is 0 Å². The highest BCUT2D eigenvalue weighted by Gasteiger charge is 2.27. The maximum Gasteiger partial charge on any atom is 0.200 e. The highest BCUT2D eigenvalue weighted by atomic mass is 35.5. The van der Waals surface area contributed by atoms with Crippen molar-refractivity contribution in [2.24, 2.45) is 0 Å². The molecule has 0 unspecified atom stereocenters. The fraction of sp³-hybridized carbons (Fsp3) is 0.385. The van der Waals surface area contributed by atoms with Gasteiger partial charge in [-0.1, -0.05) is 18.0 Å². The first-order valence-electron chi connectivity index (χ1n) is 6.05. The van der Waals surface area contributed by atoms with Crippen molar-refractivity contribution in [1.29, 1.82) is 0 Å². The molecule has 0 radical (unpaired) electrons. The molecule has 1 N–H and O–H groups in total. The Morgan fingerprint density at radius 3 is 2.78 bits per heavy atom. The third kappa shape index (κ3) is 2.09. The Kier molecular flexibility index (Phi) is 2.96. The van der Waals surface area contributed by atoms with Crippen LogP contribution in [0.4, 0.5) is 0 Å². The first kappa shape index (κ1) is 12.2. The largest absolute Gasteiger partial charge is 0.310 e. The van der Waals surface area contributed by atoms with Crippen molar-refractivity contribution in [1.82, 2.24) is 5.32 Å². The number of rotatable bonds is 3. The van der Waals surface area contributed by atoms with Crippen LogP contribution >= 0.6 is 11.6 Å². The zero-order chi connectivity index (χ0) is 12.8. The summed E-state index contributed by atoms with van der Waals surface area (Å²) in [7, 11) is -3.27. The molecule has 0 spiro atoms. The third-order valence-corrected chi connectivity index (χ3v) is 5.38. The first-order valence-corrected chi connectivity index (χ1v) is 7.98. The van der Waals surface area contributed by atoms with Gasteiger partial charge in [0.25, 0.3) is 0 Å². The minimum Gasteiger partial charge on any atom is -0.310 e. The molecule has 0 atom stereocenters. The van der Waals surface area contributed by atoms with Crippen LogP contribution in [0.1, 0.15) is 24.8 Å². The number of fused-ring (bicyclic) bond motifs is 1. The Balaban J connectivity index is 1.89. The highest BCUT2D eigenvalue weighted by Crippen LogP contribution is 2.35. The van der Waals surface area contributed by atoms with Crippen LogP contribution in [0.25, 0.3) is 5.57 Å². The van der Waals surface area contributed by atoms with E-state index in [0.29, 0.717) is 22.5 Å². The van der Waals surface area contributed by atoms with E-state index in [4.69, 9.17) is 11.6 Å². The molecule has 2 aliphatic rings. The van der Waals surface area contributed by atoms with Gasteiger partial charge in [-0.2, -0.15) is 0 Å². The van der Waals surface area contributed by atoms with Crippen LogP contribution in [0.15, 0.2) is 28.5 Å². The van der Waals surface area contributed by atoms with Gasteiger partial charge in [-0.05, 0) is 36.6 Å². The molecule has 1 saturated carbocycles. The lowest BCUT2D eigenvalue weighted by molar-refractivity contribution is 0.353. The van der Waals surface area contributed by atoms with Crippen LogP contribution in [-0.2, 0) is 9.84 Å². The summed E-state index contributed by atoms with van der Waals surface area (Å²) in [4.78, 5) is 0.373. The zero-order valence-corrected chi connectivity index (χ0v) is 11.4. The van der Waals surface area contributed by atoms with E-state index in [9.17, 15) is 8.42 Å². The Morgan fingerprint density at radius 1 is 1.33 bits per heavy atom. The SMILES string of the molecule is O=S1(=O)C=C(CNC2CCC2)c2cc(Cl)ccc21. The number of sulfone groups is 1. The predicted molar refractivity (Wildman–Crippen MR) is 72.3 cm³/mol. The predicted octanol–water partition coefficient (Wildman–Crippen LogP) is 2.61. The molecule has 3 rings (SSSR count). The molecule has 1 heterocycles. The Labute approximate surface area is 112 Å². The zero-order valence-electron chi connectivity index (χ0n) is 9.82. The summed E-state index contributed by atoms with van der Waals surface area (Å²) >= 11 is 5.94. The lowest BCUT2D eigenvalue weighted by atomic mass is 9.93. The molecule has 1 fully saturated rings. The molecule has 0 saturated heterocycles. The second-order valence-electron chi connectivity index (χ2n) is 4.84. The number of hydrogen-bond donors (Lipinski definition) is 1. The van der Waals surface area contributed by atoms with Gasteiger partial charge in [0.1, 0.15) is 0 Å². The maximum absolute atomic E-state index is 12.0. The number of halogens is 1. The van der Waals surface area contributed by atoms with Gasteiger partial charge in [-0.15, -0.1) is 0 Å². The molecule has 0 bridgehead atoms. The Morgan fingerprint density at radius 2 is 2.11 bits per heavy atom. The van der Waals surface area contributed by atoms with Crippen LogP contribution in [0.2, 0.25) is 5.02 Å². The standard InChI is InChI=1S/C13H14ClNO2S/c14-10-4-5-13-12(6-10)9(8-18(13,16)17)7-15-11-2-1-3-11/h4-6,8,11,15H,1-3,7H2. The quantitative estimate of drug-likeness (QED) is 0.927. The number of hydrogen-bond acceptors (Lipinski definition) is 3. The third-order valence-electron chi connectivity index (χ3n) is 3.58. The van der Waals surface area contributed by atoms with Gasteiger partial charge >= 0.3 is 0 Å². The average molecular weight is 284 g/mol. The first-order chi connectivity index (χ1) is 8.56. The van der Waals surface area contributed by atoms with E-state index in [1.54, 1.807) is 18.2 Å². The number of nitrogens with one attached hydrogen (secondary N) is 1. The molecule has 96 valence electrons. The van der Waals surface area contributed by atoms with Gasteiger partial charge < -0.3 is 5.32 Å². The van der Waals surface area contributed by atoms with E-state index in [1.165, 1.54) is 24.7 Å². The molecule has 0 amide bonds. The fourth-order valence-electron chi connectivity index (χ4n) is 2.32. The molecular weight excluding hydrogens is 270 g/mol. The topological polar surface area (TPSA) is 46.2 Å². The van der Waals surface area contributed by atoms with Crippen molar-refractivity contribution in [3.63, 3.8) is 0 Å². The van der Waals surface area contributed by atoms with Crippen molar-refractivity contribution in [3.8, 4) is 0 Å². The van der Waals surface area contributed by atoms with Crippen molar-refractivity contribution in [2.45, 2.75) is 30.2 Å². The molecule has 0 aromatic heterocycles. The van der Waals surface area contributed by atoms with Crippen molar-refractivity contribution in [3.05, 3.63) is 34.2 Å². The van der Waals surface area contributed by atoms with Crippen molar-refractivity contribution >= 4 is 27.0 Å². The molecule has 1 aromatic rings. The van der Waals surface area contributed by atoms with Gasteiger partial charge in [-0.25, -0.2) is 8.42 Å². The summed E-state index contributed by atoms with van der Waals surface area (Å²) in [5.74, 6) is 0. The maximum atomic E-state index is 12.0. The molecular formula is C13H14ClNO2S. The van der Waals surface area contributed by atoms with Gasteiger partial charge in [0.2, 0.25) is 9.84 Å². The lowest BCUT2D eigenvalue weighted by Crippen LogP contribution is -2.35. The Hall–Kier alpha value is -0.840. The van der Waals surface area contributed by atoms with Gasteiger partial charge in [-0.3, -0.25) is 0 Å². The molecule has 18 heavy (non-hydrogen) atoms. The normalized spacial score (nSPS) is 21.3. The Bertz CT molecular complexity index is 618. The second-order valence-corrected chi connectivity index (χ2v) is 7.04. The minimum atomic E-state index is -3.27. The van der Waals surface area contributed by atoms with E-state index in [1.807, 2.05) is 0 Å². The smallest absolute Gasteiger partial charge is 0.200 e. The lowest BCUT2D eigenvalue weighted by Gasteiger charge is -2.26. The number of benzene rings is 1. The molecule has 1 aliphatic heterocycles. The summed E-state index contributed by atoms with van der Waals surface area (Å²) in [6.07, 6.45) is 3.63. The summed E-state index contributed by atoms with van der Waals surface area (Å²) in [5.41, 5.74) is 1.56. The molecule has 5 heteroatoms. The van der Waals surface area contributed by atoms with Crippen LogP contribution in [0.5, 0.6) is 0 Å². The summed E-state index contributed by atoms with van der Waals surface area (Å²) in [6, 6.07) is 5.47. The summed E-state index contributed by atoms with van der Waals surface area (Å²) in [5, 5.41) is 5.31. The van der Waals surface area contributed by atoms with Crippen LogP contribution in [-0.4, -0.2) is 21.0 Å². The van der Waals surface area contributed by atoms with Gasteiger partial charge in [0.05, 0.1) is 4.90 Å². The monoisotopic (exact) mass is 283 g/mol. The summed E-state index contributed by atoms with van der Waals surface area (Å²) in [6.45, 7) is 0.594. The highest BCUT2D eigenvalue weighted by molar-refractivity contribution is 7.95. The van der Waals surface area contributed by atoms with E-state index < -0.39 is 9.84 Å². The van der Waals surface area contributed by atoms with E-state index >= 15 is 0 Å². The van der Waals surface area contributed by atoms with Crippen LogP contribution < -0.4 is 5.32 Å². The van der Waals surface area contributed by atoms with Crippen molar-refractivity contribution < 1.29 is 8.42 Å². The fourth-order valence-corrected chi connectivity index (χ4v) is 3.96. The minimum absolute atomic E-state index is 0.373. The van der Waals surface area contributed by atoms with Crippen LogP contribution in [0, 0.1) is 0 Å². The molecule has 1 aromatic carbocycles.